The van der Waals surface area contributed by atoms with Crippen molar-refractivity contribution in [2.24, 2.45) is 0 Å². The predicted molar refractivity (Wildman–Crippen MR) is 203 cm³/mol. The molecular formula is C34H74O2S3Si2. The fraction of sp³-hybridized carbons (Fsp3) is 1.00. The molecule has 0 rings (SSSR count). The van der Waals surface area contributed by atoms with E-state index in [-0.39, 0.29) is 0 Å². The maximum Gasteiger partial charge on any atom is 0.0717 e. The van der Waals surface area contributed by atoms with Crippen molar-refractivity contribution in [1.82, 2.24) is 0 Å². The molecule has 0 amide bonds. The zero-order valence-electron chi connectivity index (χ0n) is 28.7. The highest BCUT2D eigenvalue weighted by Gasteiger charge is 2.24. The van der Waals surface area contributed by atoms with Crippen LogP contribution in [0.15, 0.2) is 0 Å². The monoisotopic (exact) mass is 666 g/mol. The molecule has 0 saturated carbocycles. The highest BCUT2D eigenvalue weighted by atomic mass is 33.5. The van der Waals surface area contributed by atoms with Crippen LogP contribution in [-0.4, -0.2) is 53.8 Å². The van der Waals surface area contributed by atoms with Crippen LogP contribution in [0, 0.1) is 0 Å². The van der Waals surface area contributed by atoms with Crippen LogP contribution in [0.1, 0.15) is 157 Å². The lowest BCUT2D eigenvalue weighted by Crippen LogP contribution is -2.34. The quantitative estimate of drug-likeness (QED) is 0.0385. The molecule has 0 spiro atoms. The van der Waals surface area contributed by atoms with E-state index in [2.05, 4.69) is 73.0 Å². The van der Waals surface area contributed by atoms with Gasteiger partial charge in [0.05, 0.1) is 17.6 Å². The summed E-state index contributed by atoms with van der Waals surface area (Å²) in [4.78, 5) is 0. The Balaban J connectivity index is 4.77. The first-order valence-electron chi connectivity index (χ1n) is 18.3. The molecule has 0 heterocycles. The molecule has 7 heteroatoms. The van der Waals surface area contributed by atoms with Crippen molar-refractivity contribution < 1.29 is 9.47 Å². The fourth-order valence-corrected chi connectivity index (χ4v) is 17.5. The first-order chi connectivity index (χ1) is 20.2. The Labute approximate surface area is 274 Å². The maximum absolute atomic E-state index is 6.64. The summed E-state index contributed by atoms with van der Waals surface area (Å²) in [5, 5.41) is 0. The molecule has 0 aromatic heterocycles. The van der Waals surface area contributed by atoms with Crippen LogP contribution in [0.5, 0.6) is 0 Å². The third-order valence-corrected chi connectivity index (χ3v) is 20.6. The van der Waals surface area contributed by atoms with Gasteiger partial charge in [0.2, 0.25) is 0 Å². The van der Waals surface area contributed by atoms with Crippen molar-refractivity contribution in [1.29, 1.82) is 0 Å². The Hall–Kier alpha value is 1.40. The van der Waals surface area contributed by atoms with Crippen molar-refractivity contribution in [3.8, 4) is 0 Å². The van der Waals surface area contributed by atoms with Gasteiger partial charge >= 0.3 is 0 Å². The lowest BCUT2D eigenvalue weighted by atomic mass is 10.3. The van der Waals surface area contributed by atoms with E-state index in [0.717, 1.165) is 13.2 Å². The Kier molecular flexibility index (Phi) is 35.5. The second kappa shape index (κ2) is 34.3. The third kappa shape index (κ3) is 26.3. The first-order valence-corrected chi connectivity index (χ1v) is 26.7. The summed E-state index contributed by atoms with van der Waals surface area (Å²) >= 11 is 0. The Morgan fingerprint density at radius 3 is 1.05 bits per heavy atom. The Morgan fingerprint density at radius 2 is 0.756 bits per heavy atom. The van der Waals surface area contributed by atoms with Crippen molar-refractivity contribution in [2.75, 3.05) is 24.7 Å². The zero-order valence-corrected chi connectivity index (χ0v) is 33.5. The van der Waals surface area contributed by atoms with Crippen molar-refractivity contribution in [3.05, 3.63) is 0 Å². The minimum absolute atomic E-state index is 0.600. The lowest BCUT2D eigenvalue weighted by molar-refractivity contribution is 0.0969. The largest absolute Gasteiger partial charge is 0.382 e. The van der Waals surface area contributed by atoms with Gasteiger partial charge in [-0.15, -0.1) is 0 Å². The second-order valence-electron chi connectivity index (χ2n) is 12.3. The molecule has 0 aliphatic carbocycles. The summed E-state index contributed by atoms with van der Waals surface area (Å²) in [6.45, 7) is 15.9. The topological polar surface area (TPSA) is 18.5 Å². The molecule has 0 bridgehead atoms. The summed E-state index contributed by atoms with van der Waals surface area (Å²) in [6, 6.07) is 6.01. The Morgan fingerprint density at radius 1 is 0.439 bits per heavy atom. The molecule has 0 saturated heterocycles. The van der Waals surface area contributed by atoms with Crippen LogP contribution in [0.3, 0.4) is 0 Å². The number of hydrogen-bond acceptors (Lipinski definition) is 5. The summed E-state index contributed by atoms with van der Waals surface area (Å²) in [5.74, 6) is 2.50. The van der Waals surface area contributed by atoms with Gasteiger partial charge in [-0.05, 0) is 35.5 Å². The highest BCUT2D eigenvalue weighted by Crippen LogP contribution is 2.37. The summed E-state index contributed by atoms with van der Waals surface area (Å²) in [6.07, 6.45) is 24.2. The van der Waals surface area contributed by atoms with Crippen LogP contribution >= 0.6 is 31.4 Å². The highest BCUT2D eigenvalue weighted by molar-refractivity contribution is 9.09. The molecule has 0 N–H and O–H groups in total. The molecule has 0 aromatic rings. The van der Waals surface area contributed by atoms with Crippen LogP contribution in [0.25, 0.3) is 0 Å². The summed E-state index contributed by atoms with van der Waals surface area (Å²) in [5.41, 5.74) is 1.20. The molecule has 0 radical (unpaired) electrons. The van der Waals surface area contributed by atoms with E-state index in [1.165, 1.54) is 151 Å². The van der Waals surface area contributed by atoms with Gasteiger partial charge in [-0.1, -0.05) is 177 Å². The molecule has 2 unspecified atom stereocenters. The summed E-state index contributed by atoms with van der Waals surface area (Å²) in [7, 11) is 4.57. The molecule has 248 valence electrons. The second-order valence-corrected chi connectivity index (χ2v) is 23.6. The van der Waals surface area contributed by atoms with E-state index >= 15 is 0 Å². The SMILES string of the molecule is CCCCC[SiH](CCCCC)C(CCSSSCCC(OCCCC)[SiH](CCCCC)CCCCC)OCCCC. The van der Waals surface area contributed by atoms with Gasteiger partial charge in [0, 0.05) is 36.2 Å². The van der Waals surface area contributed by atoms with Gasteiger partial charge < -0.3 is 9.47 Å². The Bertz CT molecular complexity index is 443. The van der Waals surface area contributed by atoms with Gasteiger partial charge in [0.25, 0.3) is 0 Å². The molecule has 0 aliphatic rings. The smallest absolute Gasteiger partial charge is 0.0717 e. The molecule has 0 aliphatic heterocycles. The lowest BCUT2D eigenvalue weighted by Gasteiger charge is -2.27. The predicted octanol–water partition coefficient (Wildman–Crippen LogP) is 12.5. The standard InChI is InChI=1S/C34H74O2S3Si2/c1-7-13-19-29-40(30-20-14-8-2)33(35-25-17-11-5)23-27-37-39-38-28-24-34(36-26-18-12-6)41(31-21-15-9-3)32-22-16-10-4/h33-34,40-41H,7-32H2,1-6H3. The van der Waals surface area contributed by atoms with Gasteiger partial charge in [0.1, 0.15) is 0 Å². The normalized spacial score (nSPS) is 13.5. The van der Waals surface area contributed by atoms with Gasteiger partial charge in [0.15, 0.2) is 0 Å². The van der Waals surface area contributed by atoms with Crippen molar-refractivity contribution in [3.63, 3.8) is 0 Å². The van der Waals surface area contributed by atoms with E-state index in [0.29, 0.717) is 11.5 Å². The van der Waals surface area contributed by atoms with Gasteiger partial charge in [-0.2, -0.15) is 0 Å². The summed E-state index contributed by atoms with van der Waals surface area (Å²) < 4.78 is 13.3. The average molecular weight is 667 g/mol. The van der Waals surface area contributed by atoms with Crippen LogP contribution < -0.4 is 0 Å². The molecule has 0 aromatic carbocycles. The van der Waals surface area contributed by atoms with Crippen molar-refractivity contribution in [2.45, 2.75) is 193 Å². The number of ether oxygens (including phenoxy) is 2. The number of rotatable bonds is 34. The molecule has 2 atom stereocenters. The van der Waals surface area contributed by atoms with E-state index < -0.39 is 17.6 Å². The van der Waals surface area contributed by atoms with E-state index in [9.17, 15) is 0 Å². The first kappa shape index (κ1) is 42.4. The van der Waals surface area contributed by atoms with Crippen molar-refractivity contribution >= 4 is 49.0 Å². The van der Waals surface area contributed by atoms with E-state index in [1.54, 1.807) is 0 Å². The van der Waals surface area contributed by atoms with E-state index in [1.807, 2.05) is 0 Å². The fourth-order valence-electron chi connectivity index (χ4n) is 5.76. The zero-order chi connectivity index (χ0) is 30.2. The van der Waals surface area contributed by atoms with E-state index in [4.69, 9.17) is 9.47 Å². The number of unbranched alkanes of at least 4 members (excludes halogenated alkanes) is 10. The minimum Gasteiger partial charge on any atom is -0.382 e. The molecular weight excluding hydrogens is 593 g/mol. The number of hydrogen-bond donors (Lipinski definition) is 0. The third-order valence-electron chi connectivity index (χ3n) is 8.49. The van der Waals surface area contributed by atoms with Gasteiger partial charge in [-0.25, -0.2) is 0 Å². The maximum atomic E-state index is 6.64. The molecule has 2 nitrogen and oxygen atoms in total. The van der Waals surface area contributed by atoms with Crippen LogP contribution in [-0.2, 0) is 9.47 Å². The molecule has 41 heavy (non-hydrogen) atoms. The average Bonchev–Trinajstić information content (AvgIpc) is 2.98. The minimum atomic E-state index is -0.847. The van der Waals surface area contributed by atoms with Crippen LogP contribution in [0.2, 0.25) is 24.2 Å². The van der Waals surface area contributed by atoms with Gasteiger partial charge in [-0.3, -0.25) is 0 Å². The molecule has 0 fully saturated rings. The van der Waals surface area contributed by atoms with Crippen LogP contribution in [0.4, 0.5) is 0 Å².